The quantitative estimate of drug-likeness (QED) is 0.860. The van der Waals surface area contributed by atoms with Crippen molar-refractivity contribution in [2.75, 3.05) is 0 Å². The first-order chi connectivity index (χ1) is 7.18. The lowest BCUT2D eigenvalue weighted by molar-refractivity contribution is 0.887. The van der Waals surface area contributed by atoms with Gasteiger partial charge in [-0.2, -0.15) is 0 Å². The van der Waals surface area contributed by atoms with Gasteiger partial charge in [0, 0.05) is 13.8 Å². The van der Waals surface area contributed by atoms with Gasteiger partial charge in [0.25, 0.3) is 0 Å². The Bertz CT molecular complexity index is 454. The first-order valence-electron chi connectivity index (χ1n) is 4.42. The second-order valence-corrected chi connectivity index (χ2v) is 5.91. The van der Waals surface area contributed by atoms with E-state index in [9.17, 15) is 0 Å². The highest BCUT2D eigenvalue weighted by Crippen LogP contribution is 2.31. The average Bonchev–Trinajstić information content (AvgIpc) is 2.69. The van der Waals surface area contributed by atoms with Crippen LogP contribution in [0.1, 0.15) is 16.5 Å². The van der Waals surface area contributed by atoms with Crippen LogP contribution in [0.25, 0.3) is 0 Å². The summed E-state index contributed by atoms with van der Waals surface area (Å²) in [6.07, 6.45) is 0. The van der Waals surface area contributed by atoms with Crippen molar-refractivity contribution in [1.82, 2.24) is 0 Å². The number of hydrogen-bond acceptors (Lipinski definition) is 2. The molecule has 0 aliphatic heterocycles. The van der Waals surface area contributed by atoms with E-state index in [-0.39, 0.29) is 6.04 Å². The van der Waals surface area contributed by atoms with Gasteiger partial charge in [-0.15, -0.1) is 11.3 Å². The van der Waals surface area contributed by atoms with Gasteiger partial charge in [-0.05, 0) is 29.1 Å². The molecule has 0 saturated carbocycles. The first-order valence-corrected chi connectivity index (χ1v) is 6.89. The number of thiophene rings is 1. The Morgan fingerprint density at radius 3 is 2.60 bits per heavy atom. The number of benzene rings is 1. The Labute approximate surface area is 110 Å². The van der Waals surface area contributed by atoms with Crippen molar-refractivity contribution in [3.63, 3.8) is 0 Å². The molecule has 0 aliphatic rings. The summed E-state index contributed by atoms with van der Waals surface area (Å²) in [6, 6.07) is 10.1. The van der Waals surface area contributed by atoms with Gasteiger partial charge in [-0.25, -0.2) is 0 Å². The van der Waals surface area contributed by atoms with Crippen LogP contribution >= 0.6 is 43.2 Å². The summed E-state index contributed by atoms with van der Waals surface area (Å²) in [4.78, 5) is 1.18. The van der Waals surface area contributed by atoms with E-state index in [0.717, 1.165) is 14.5 Å². The molecule has 15 heavy (non-hydrogen) atoms. The first kappa shape index (κ1) is 11.3. The molecule has 1 unspecified atom stereocenters. The van der Waals surface area contributed by atoms with Gasteiger partial charge in [0.1, 0.15) is 0 Å². The van der Waals surface area contributed by atoms with E-state index in [0.29, 0.717) is 0 Å². The Morgan fingerprint density at radius 2 is 2.00 bits per heavy atom. The maximum atomic E-state index is 6.18. The number of nitrogens with two attached hydrogens (primary N) is 1. The van der Waals surface area contributed by atoms with Gasteiger partial charge in [-0.1, -0.05) is 44.0 Å². The molecular weight excluding hydrogens is 338 g/mol. The van der Waals surface area contributed by atoms with Crippen LogP contribution in [0.3, 0.4) is 0 Å². The summed E-state index contributed by atoms with van der Waals surface area (Å²) in [5.74, 6) is 0. The van der Waals surface area contributed by atoms with Gasteiger partial charge >= 0.3 is 0 Å². The van der Waals surface area contributed by atoms with Gasteiger partial charge in [0.2, 0.25) is 0 Å². The van der Waals surface area contributed by atoms with Gasteiger partial charge < -0.3 is 5.73 Å². The normalized spacial score (nSPS) is 12.7. The van der Waals surface area contributed by atoms with E-state index in [1.165, 1.54) is 4.88 Å². The number of hydrogen-bond donors (Lipinski definition) is 1. The Hall–Kier alpha value is -0.160. The summed E-state index contributed by atoms with van der Waals surface area (Å²) in [5, 5.41) is 2.04. The Morgan fingerprint density at radius 1 is 1.20 bits per heavy atom. The smallest absolute Gasteiger partial charge is 0.0657 e. The molecule has 0 spiro atoms. The number of rotatable bonds is 2. The van der Waals surface area contributed by atoms with Gasteiger partial charge in [0.05, 0.1) is 6.04 Å². The lowest BCUT2D eigenvalue weighted by atomic mass is 10.1. The molecule has 1 atom stereocenters. The molecule has 2 rings (SSSR count). The highest BCUT2D eigenvalue weighted by atomic mass is 79.9. The molecule has 1 nitrogen and oxygen atoms in total. The Kier molecular flexibility index (Phi) is 3.61. The zero-order chi connectivity index (χ0) is 10.8. The van der Waals surface area contributed by atoms with E-state index in [1.807, 2.05) is 29.6 Å². The van der Waals surface area contributed by atoms with Gasteiger partial charge in [-0.3, -0.25) is 0 Å². The van der Waals surface area contributed by atoms with Crippen molar-refractivity contribution < 1.29 is 0 Å². The summed E-state index contributed by atoms with van der Waals surface area (Å²) in [7, 11) is 0. The van der Waals surface area contributed by atoms with Crippen LogP contribution in [0.15, 0.2) is 44.7 Å². The molecule has 0 amide bonds. The van der Waals surface area contributed by atoms with Crippen LogP contribution in [0.4, 0.5) is 0 Å². The third-order valence-corrected chi connectivity index (χ3v) is 4.28. The highest BCUT2D eigenvalue weighted by molar-refractivity contribution is 9.11. The molecular formula is C11H9Br2NS. The fourth-order valence-electron chi connectivity index (χ4n) is 1.38. The molecule has 0 fully saturated rings. The third kappa shape index (κ3) is 2.50. The lowest BCUT2D eigenvalue weighted by Crippen LogP contribution is -2.10. The van der Waals surface area contributed by atoms with Crippen molar-refractivity contribution in [1.29, 1.82) is 0 Å². The minimum Gasteiger partial charge on any atom is -0.320 e. The zero-order valence-corrected chi connectivity index (χ0v) is 11.8. The molecule has 1 aromatic carbocycles. The largest absolute Gasteiger partial charge is 0.320 e. The van der Waals surface area contributed by atoms with Crippen molar-refractivity contribution in [3.05, 3.63) is 55.1 Å². The van der Waals surface area contributed by atoms with Gasteiger partial charge in [0.15, 0.2) is 0 Å². The predicted molar refractivity (Wildman–Crippen MR) is 72.2 cm³/mol. The molecule has 0 radical (unpaired) electrons. The molecule has 0 aliphatic carbocycles. The maximum absolute atomic E-state index is 6.18. The molecule has 2 N–H and O–H groups in total. The SMILES string of the molecule is NC(c1cccs1)c1ccc(Br)cc1Br. The molecule has 78 valence electrons. The summed E-state index contributed by atoms with van der Waals surface area (Å²) in [6.45, 7) is 0. The number of halogens is 2. The van der Waals surface area contributed by atoms with Crippen LogP contribution in [0.5, 0.6) is 0 Å². The van der Waals surface area contributed by atoms with Crippen LogP contribution in [0.2, 0.25) is 0 Å². The van der Waals surface area contributed by atoms with E-state index in [4.69, 9.17) is 5.73 Å². The lowest BCUT2D eigenvalue weighted by Gasteiger charge is -2.12. The molecule has 0 bridgehead atoms. The van der Waals surface area contributed by atoms with Crippen molar-refractivity contribution in [2.45, 2.75) is 6.04 Å². The van der Waals surface area contributed by atoms with Crippen LogP contribution < -0.4 is 5.73 Å². The third-order valence-electron chi connectivity index (χ3n) is 2.15. The van der Waals surface area contributed by atoms with E-state index < -0.39 is 0 Å². The topological polar surface area (TPSA) is 26.0 Å². The summed E-state index contributed by atoms with van der Waals surface area (Å²) >= 11 is 8.64. The fourth-order valence-corrected chi connectivity index (χ4v) is 3.41. The predicted octanol–water partition coefficient (Wildman–Crippen LogP) is 4.32. The average molecular weight is 347 g/mol. The van der Waals surface area contributed by atoms with E-state index in [1.54, 1.807) is 11.3 Å². The van der Waals surface area contributed by atoms with E-state index >= 15 is 0 Å². The fraction of sp³-hybridized carbons (Fsp3) is 0.0909. The summed E-state index contributed by atoms with van der Waals surface area (Å²) in [5.41, 5.74) is 7.29. The molecule has 1 aromatic heterocycles. The molecule has 2 aromatic rings. The van der Waals surface area contributed by atoms with Crippen molar-refractivity contribution >= 4 is 43.2 Å². The van der Waals surface area contributed by atoms with Crippen LogP contribution in [0, 0.1) is 0 Å². The minimum absolute atomic E-state index is 0.0486. The monoisotopic (exact) mass is 345 g/mol. The van der Waals surface area contributed by atoms with E-state index in [2.05, 4.69) is 37.9 Å². The second kappa shape index (κ2) is 4.78. The maximum Gasteiger partial charge on any atom is 0.0657 e. The molecule has 4 heteroatoms. The van der Waals surface area contributed by atoms with Crippen molar-refractivity contribution in [3.8, 4) is 0 Å². The second-order valence-electron chi connectivity index (χ2n) is 3.16. The summed E-state index contributed by atoms with van der Waals surface area (Å²) < 4.78 is 2.09. The zero-order valence-electron chi connectivity index (χ0n) is 7.78. The van der Waals surface area contributed by atoms with Crippen LogP contribution in [-0.4, -0.2) is 0 Å². The minimum atomic E-state index is -0.0486. The Balaban J connectivity index is 2.38. The van der Waals surface area contributed by atoms with Crippen LogP contribution in [-0.2, 0) is 0 Å². The highest BCUT2D eigenvalue weighted by Gasteiger charge is 2.12. The van der Waals surface area contributed by atoms with Crippen molar-refractivity contribution in [2.24, 2.45) is 5.73 Å². The molecule has 0 saturated heterocycles. The molecule has 1 heterocycles. The standard InChI is InChI=1S/C11H9Br2NS/c12-7-3-4-8(9(13)6-7)11(14)10-2-1-5-15-10/h1-6,11H,14H2.